The third kappa shape index (κ3) is 2.88. The number of halogens is 1. The lowest BCUT2D eigenvalue weighted by atomic mass is 9.49. The van der Waals surface area contributed by atoms with Crippen molar-refractivity contribution in [1.29, 1.82) is 0 Å². The number of esters is 1. The van der Waals surface area contributed by atoms with Crippen LogP contribution in [0.2, 0.25) is 0 Å². The molecule has 0 radical (unpaired) electrons. The summed E-state index contributed by atoms with van der Waals surface area (Å²) in [5, 5.41) is 0.829. The van der Waals surface area contributed by atoms with E-state index in [0.717, 1.165) is 48.6 Å². The molecule has 28 heavy (non-hydrogen) atoms. The van der Waals surface area contributed by atoms with Gasteiger partial charge in [0.25, 0.3) is 0 Å². The lowest BCUT2D eigenvalue weighted by molar-refractivity contribution is -0.171. The number of hydrogen-bond donors (Lipinski definition) is 0. The van der Waals surface area contributed by atoms with Gasteiger partial charge in [0, 0.05) is 21.9 Å². The molecule has 4 atom stereocenters. The molecule has 4 bridgehead atoms. The topological polar surface area (TPSA) is 56.5 Å². The van der Waals surface area contributed by atoms with Crippen molar-refractivity contribution in [2.75, 3.05) is 0 Å². The van der Waals surface area contributed by atoms with Crippen LogP contribution >= 0.6 is 11.6 Å². The summed E-state index contributed by atoms with van der Waals surface area (Å²) in [6, 6.07) is 5.30. The number of fused-ring (bicyclic) bond motifs is 1. The van der Waals surface area contributed by atoms with E-state index in [0.29, 0.717) is 23.0 Å². The number of rotatable bonds is 3. The van der Waals surface area contributed by atoms with Gasteiger partial charge in [-0.25, -0.2) is 4.79 Å². The van der Waals surface area contributed by atoms with Crippen LogP contribution in [0.4, 0.5) is 0 Å². The molecule has 0 saturated heterocycles. The lowest BCUT2D eigenvalue weighted by Gasteiger charge is -2.58. The number of hydrogen-bond acceptors (Lipinski definition) is 4. The van der Waals surface area contributed by atoms with E-state index in [1.54, 1.807) is 0 Å². The van der Waals surface area contributed by atoms with E-state index in [1.807, 2.05) is 26.0 Å². The second-order valence-electron chi connectivity index (χ2n) is 9.49. The fraction of sp³-hybridized carbons (Fsp3) is 0.565. The Bertz CT molecular complexity index is 1020. The number of ether oxygens (including phenoxy) is 1. The van der Waals surface area contributed by atoms with Crippen LogP contribution in [0.5, 0.6) is 0 Å². The molecule has 6 rings (SSSR count). The smallest absolute Gasteiger partial charge is 0.336 e. The lowest BCUT2D eigenvalue weighted by Crippen LogP contribution is -2.56. The molecule has 4 nitrogen and oxygen atoms in total. The third-order valence-corrected chi connectivity index (χ3v) is 7.67. The van der Waals surface area contributed by atoms with Crippen molar-refractivity contribution in [3.05, 3.63) is 45.3 Å². The Morgan fingerprint density at radius 2 is 1.82 bits per heavy atom. The maximum atomic E-state index is 13.2. The molecule has 148 valence electrons. The van der Waals surface area contributed by atoms with Crippen molar-refractivity contribution >= 4 is 28.5 Å². The Balaban J connectivity index is 1.42. The number of aryl methyl sites for hydroxylation is 2. The molecule has 0 amide bonds. The molecule has 5 heteroatoms. The summed E-state index contributed by atoms with van der Waals surface area (Å²) in [7, 11) is 0. The molecule has 1 heterocycles. The fourth-order valence-electron chi connectivity index (χ4n) is 6.29. The van der Waals surface area contributed by atoms with E-state index in [9.17, 15) is 9.59 Å². The molecule has 1 aromatic heterocycles. The zero-order valence-corrected chi connectivity index (χ0v) is 17.1. The van der Waals surface area contributed by atoms with Crippen LogP contribution in [0, 0.1) is 31.1 Å². The Kier molecular flexibility index (Phi) is 3.97. The first-order valence-electron chi connectivity index (χ1n) is 10.2. The zero-order chi connectivity index (χ0) is 19.7. The van der Waals surface area contributed by atoms with Crippen LogP contribution in [0.3, 0.4) is 0 Å². The van der Waals surface area contributed by atoms with Gasteiger partial charge in [-0.3, -0.25) is 4.79 Å². The molecule has 4 aliphatic rings. The second kappa shape index (κ2) is 6.09. The first kappa shape index (κ1) is 18.2. The highest BCUT2D eigenvalue weighted by molar-refractivity contribution is 6.24. The minimum atomic E-state index is -0.437. The van der Waals surface area contributed by atoms with Crippen LogP contribution < -0.4 is 5.63 Å². The highest BCUT2D eigenvalue weighted by atomic mass is 35.5. The predicted molar refractivity (Wildman–Crippen MR) is 107 cm³/mol. The third-order valence-electron chi connectivity index (χ3n) is 7.23. The quantitative estimate of drug-likeness (QED) is 0.412. The Morgan fingerprint density at radius 3 is 2.50 bits per heavy atom. The molecule has 0 aliphatic heterocycles. The minimum absolute atomic E-state index is 0.0931. The number of alkyl halides is 1. The number of benzene rings is 1. The molecule has 2 aromatic rings. The van der Waals surface area contributed by atoms with Crippen molar-refractivity contribution in [3.63, 3.8) is 0 Å². The number of carbonyl (C=O) groups excluding carboxylic acids is 1. The van der Waals surface area contributed by atoms with Crippen molar-refractivity contribution in [2.45, 2.75) is 63.9 Å². The summed E-state index contributed by atoms with van der Waals surface area (Å²) in [4.78, 5) is 24.9. The van der Waals surface area contributed by atoms with E-state index < -0.39 is 11.0 Å². The normalized spacial score (nSPS) is 33.4. The van der Waals surface area contributed by atoms with Gasteiger partial charge in [-0.1, -0.05) is 0 Å². The Morgan fingerprint density at radius 1 is 1.14 bits per heavy atom. The molecular formula is C23H25ClO4. The van der Waals surface area contributed by atoms with Crippen LogP contribution in [0.15, 0.2) is 27.4 Å². The summed E-state index contributed by atoms with van der Waals surface area (Å²) in [6.45, 7) is 4.09. The predicted octanol–water partition coefficient (Wildman–Crippen LogP) is 5.03. The molecule has 0 spiro atoms. The van der Waals surface area contributed by atoms with Gasteiger partial charge in [0.05, 0.1) is 5.41 Å². The SMILES string of the molecule is Cc1cc2oc(=O)cc(COC(=O)C34C[C@@H]5C[C@@H](CC(Cl)(C5)C3)C4)c2cc1C. The first-order valence-corrected chi connectivity index (χ1v) is 10.5. The van der Waals surface area contributed by atoms with Gasteiger partial charge in [0.2, 0.25) is 0 Å². The van der Waals surface area contributed by atoms with E-state index in [2.05, 4.69) is 0 Å². The summed E-state index contributed by atoms with van der Waals surface area (Å²) >= 11 is 6.85. The Labute approximate surface area is 169 Å². The summed E-state index contributed by atoms with van der Waals surface area (Å²) in [5.74, 6) is 0.944. The van der Waals surface area contributed by atoms with Crippen molar-refractivity contribution in [1.82, 2.24) is 0 Å². The van der Waals surface area contributed by atoms with Crippen molar-refractivity contribution in [3.8, 4) is 0 Å². The minimum Gasteiger partial charge on any atom is -0.460 e. The highest BCUT2D eigenvalue weighted by Gasteiger charge is 2.60. The van der Waals surface area contributed by atoms with Crippen LogP contribution in [-0.4, -0.2) is 10.8 Å². The molecule has 2 unspecified atom stereocenters. The molecule has 4 saturated carbocycles. The van der Waals surface area contributed by atoms with E-state index in [-0.39, 0.29) is 17.5 Å². The van der Waals surface area contributed by atoms with Gasteiger partial charge < -0.3 is 9.15 Å². The van der Waals surface area contributed by atoms with Gasteiger partial charge in [0.1, 0.15) is 12.2 Å². The van der Waals surface area contributed by atoms with Crippen molar-refractivity contribution in [2.24, 2.45) is 17.3 Å². The molecular weight excluding hydrogens is 376 g/mol. The summed E-state index contributed by atoms with van der Waals surface area (Å²) in [6.07, 6.45) is 5.78. The molecule has 0 N–H and O–H groups in total. The van der Waals surface area contributed by atoms with Gasteiger partial charge in [-0.05, 0) is 87.5 Å². The summed E-state index contributed by atoms with van der Waals surface area (Å²) < 4.78 is 11.2. The standard InChI is InChI=1S/C23H25ClO4/c1-13-3-18-17(6-20(25)28-19(18)4-14(13)2)11-27-21(26)22-7-15-5-16(8-22)10-23(24,9-15)12-22/h3-4,6,15-16H,5,7-12H2,1-2H3/t15-,16+,22?,23?. The average Bonchev–Trinajstić information content (AvgIpc) is 2.58. The van der Waals surface area contributed by atoms with Crippen LogP contribution in [-0.2, 0) is 16.1 Å². The van der Waals surface area contributed by atoms with Gasteiger partial charge >= 0.3 is 11.6 Å². The highest BCUT2D eigenvalue weighted by Crippen LogP contribution is 2.64. The summed E-state index contributed by atoms with van der Waals surface area (Å²) in [5.41, 5.74) is 2.55. The second-order valence-corrected chi connectivity index (χ2v) is 10.3. The monoisotopic (exact) mass is 400 g/mol. The molecule has 4 fully saturated rings. The largest absolute Gasteiger partial charge is 0.460 e. The Hall–Kier alpha value is -1.81. The maximum absolute atomic E-state index is 13.2. The van der Waals surface area contributed by atoms with Gasteiger partial charge in [-0.15, -0.1) is 11.6 Å². The van der Waals surface area contributed by atoms with Crippen LogP contribution in [0.25, 0.3) is 11.0 Å². The molecule has 4 aliphatic carbocycles. The molecule has 1 aromatic carbocycles. The first-order chi connectivity index (χ1) is 13.3. The maximum Gasteiger partial charge on any atom is 0.336 e. The fourth-order valence-corrected chi connectivity index (χ4v) is 6.98. The van der Waals surface area contributed by atoms with Crippen molar-refractivity contribution < 1.29 is 13.9 Å². The van der Waals surface area contributed by atoms with E-state index >= 15 is 0 Å². The van der Waals surface area contributed by atoms with Crippen LogP contribution in [0.1, 0.15) is 55.2 Å². The van der Waals surface area contributed by atoms with E-state index in [4.69, 9.17) is 20.8 Å². The number of carbonyl (C=O) groups is 1. The van der Waals surface area contributed by atoms with Gasteiger partial charge in [-0.2, -0.15) is 0 Å². The van der Waals surface area contributed by atoms with E-state index in [1.165, 1.54) is 12.5 Å². The van der Waals surface area contributed by atoms with Gasteiger partial charge in [0.15, 0.2) is 0 Å². The zero-order valence-electron chi connectivity index (χ0n) is 16.3. The average molecular weight is 401 g/mol.